The van der Waals surface area contributed by atoms with Gasteiger partial charge in [0, 0.05) is 15.7 Å². The van der Waals surface area contributed by atoms with E-state index in [9.17, 15) is 13.2 Å². The summed E-state index contributed by atoms with van der Waals surface area (Å²) in [5.41, 5.74) is 2.87. The number of halogens is 2. The Balaban J connectivity index is 2.44. The number of carbonyl (C=O) groups is 1. The fourth-order valence-electron chi connectivity index (χ4n) is 3.00. The highest BCUT2D eigenvalue weighted by atomic mass is 35.5. The highest BCUT2D eigenvalue weighted by Crippen LogP contribution is 2.30. The summed E-state index contributed by atoms with van der Waals surface area (Å²) in [6.45, 7) is 5.60. The van der Waals surface area contributed by atoms with Gasteiger partial charge in [-0.2, -0.15) is 0 Å². The van der Waals surface area contributed by atoms with Crippen molar-refractivity contribution < 1.29 is 13.2 Å². The first-order chi connectivity index (χ1) is 12.5. The summed E-state index contributed by atoms with van der Waals surface area (Å²) < 4.78 is 26.0. The molecule has 0 saturated heterocycles. The summed E-state index contributed by atoms with van der Waals surface area (Å²) in [6.07, 6.45) is 1.32. The number of hydrogen-bond acceptors (Lipinski definition) is 3. The summed E-state index contributed by atoms with van der Waals surface area (Å²) in [6, 6.07) is 9.16. The molecule has 0 heterocycles. The smallest absolute Gasteiger partial charge is 0.248 e. The van der Waals surface area contributed by atoms with Crippen molar-refractivity contribution in [2.45, 2.75) is 33.2 Å². The normalized spacial score (nSPS) is 12.5. The highest BCUT2D eigenvalue weighted by molar-refractivity contribution is 7.92. The van der Waals surface area contributed by atoms with Crippen molar-refractivity contribution in [1.82, 2.24) is 0 Å². The third-order valence-corrected chi connectivity index (χ3v) is 5.54. The Morgan fingerprint density at radius 2 is 1.56 bits per heavy atom. The van der Waals surface area contributed by atoms with E-state index in [1.54, 1.807) is 6.92 Å². The number of sulfonamides is 1. The van der Waals surface area contributed by atoms with E-state index >= 15 is 0 Å². The molecule has 0 aromatic heterocycles. The Bertz CT molecular complexity index is 921. The molecule has 0 saturated carbocycles. The van der Waals surface area contributed by atoms with Crippen LogP contribution >= 0.6 is 23.2 Å². The molecule has 2 aromatic rings. The fourth-order valence-corrected chi connectivity index (χ4v) is 4.71. The summed E-state index contributed by atoms with van der Waals surface area (Å²) in [4.78, 5) is 12.9. The molecule has 2 rings (SSSR count). The first kappa shape index (κ1) is 21.5. The zero-order chi connectivity index (χ0) is 20.4. The van der Waals surface area contributed by atoms with Gasteiger partial charge in [-0.05, 0) is 61.7 Å². The minimum atomic E-state index is -3.76. The van der Waals surface area contributed by atoms with E-state index < -0.39 is 22.0 Å². The zero-order valence-electron chi connectivity index (χ0n) is 15.6. The van der Waals surface area contributed by atoms with Gasteiger partial charge in [-0.1, -0.05) is 36.2 Å². The van der Waals surface area contributed by atoms with Crippen LogP contribution in [0, 0.1) is 13.8 Å². The van der Waals surface area contributed by atoms with Gasteiger partial charge in [0.1, 0.15) is 6.04 Å². The van der Waals surface area contributed by atoms with Crippen LogP contribution in [-0.4, -0.2) is 26.6 Å². The van der Waals surface area contributed by atoms with Crippen LogP contribution in [0.5, 0.6) is 0 Å². The third kappa shape index (κ3) is 5.61. The first-order valence-corrected chi connectivity index (χ1v) is 11.0. The molecule has 0 aliphatic carbocycles. The molecule has 0 spiro atoms. The Labute approximate surface area is 170 Å². The Morgan fingerprint density at radius 1 is 1.04 bits per heavy atom. The molecule has 0 aliphatic heterocycles. The van der Waals surface area contributed by atoms with Gasteiger partial charge in [0.25, 0.3) is 0 Å². The largest absolute Gasteiger partial charge is 0.324 e. The number of hydrogen-bond donors (Lipinski definition) is 1. The molecule has 1 N–H and O–H groups in total. The molecule has 5 nitrogen and oxygen atoms in total. The maximum absolute atomic E-state index is 12.9. The third-order valence-electron chi connectivity index (χ3n) is 3.92. The number of benzene rings is 2. The summed E-state index contributed by atoms with van der Waals surface area (Å²) in [5, 5.41) is 3.39. The lowest BCUT2D eigenvalue weighted by atomic mass is 10.1. The van der Waals surface area contributed by atoms with Crippen molar-refractivity contribution in [3.8, 4) is 0 Å². The quantitative estimate of drug-likeness (QED) is 0.718. The van der Waals surface area contributed by atoms with Gasteiger partial charge in [0.15, 0.2) is 0 Å². The minimum absolute atomic E-state index is 0.248. The van der Waals surface area contributed by atoms with Crippen molar-refractivity contribution in [1.29, 1.82) is 0 Å². The lowest BCUT2D eigenvalue weighted by molar-refractivity contribution is -0.117. The minimum Gasteiger partial charge on any atom is -0.324 e. The van der Waals surface area contributed by atoms with Crippen LogP contribution in [0.3, 0.4) is 0 Å². The standard InChI is InChI=1S/C19H22Cl2N2O3S/c1-5-18(19(24)22-16-7-12(2)6-13(3)8-16)23(27(4,25)26)17-10-14(20)9-15(21)11-17/h6-11,18H,5H2,1-4H3,(H,22,24)/t18-/m0/s1. The number of anilines is 2. The van der Waals surface area contributed by atoms with Crippen molar-refractivity contribution in [2.75, 3.05) is 15.9 Å². The summed E-state index contributed by atoms with van der Waals surface area (Å²) in [5.74, 6) is -0.427. The molecule has 1 atom stereocenters. The molecule has 0 unspecified atom stereocenters. The SMILES string of the molecule is CC[C@@H](C(=O)Nc1cc(C)cc(C)c1)N(c1cc(Cl)cc(Cl)c1)S(C)(=O)=O. The van der Waals surface area contributed by atoms with Crippen LogP contribution in [0.1, 0.15) is 24.5 Å². The lowest BCUT2D eigenvalue weighted by Crippen LogP contribution is -2.47. The van der Waals surface area contributed by atoms with Crippen LogP contribution in [0.4, 0.5) is 11.4 Å². The van der Waals surface area contributed by atoms with Gasteiger partial charge in [-0.15, -0.1) is 0 Å². The molecular weight excluding hydrogens is 407 g/mol. The van der Waals surface area contributed by atoms with E-state index in [2.05, 4.69) is 5.32 Å². The van der Waals surface area contributed by atoms with Gasteiger partial charge in [-0.25, -0.2) is 8.42 Å². The second kappa shape index (κ2) is 8.50. The molecular formula is C19H22Cl2N2O3S. The number of rotatable bonds is 6. The molecule has 0 aliphatic rings. The molecule has 0 bridgehead atoms. The highest BCUT2D eigenvalue weighted by Gasteiger charge is 2.32. The van der Waals surface area contributed by atoms with E-state index in [1.807, 2.05) is 32.0 Å². The lowest BCUT2D eigenvalue weighted by Gasteiger charge is -2.30. The van der Waals surface area contributed by atoms with Gasteiger partial charge in [0.2, 0.25) is 15.9 Å². The fraction of sp³-hybridized carbons (Fsp3) is 0.316. The second-order valence-corrected chi connectivity index (χ2v) is 9.21. The molecule has 8 heteroatoms. The average molecular weight is 429 g/mol. The van der Waals surface area contributed by atoms with Crippen molar-refractivity contribution in [3.05, 3.63) is 57.6 Å². The zero-order valence-corrected chi connectivity index (χ0v) is 17.9. The molecule has 2 aromatic carbocycles. The number of nitrogens with zero attached hydrogens (tertiary/aromatic N) is 1. The van der Waals surface area contributed by atoms with Crippen molar-refractivity contribution in [2.24, 2.45) is 0 Å². The van der Waals surface area contributed by atoms with Gasteiger partial charge < -0.3 is 5.32 Å². The van der Waals surface area contributed by atoms with Gasteiger partial charge >= 0.3 is 0 Å². The molecule has 1 amide bonds. The summed E-state index contributed by atoms with van der Waals surface area (Å²) >= 11 is 12.1. The van der Waals surface area contributed by atoms with Crippen molar-refractivity contribution in [3.63, 3.8) is 0 Å². The average Bonchev–Trinajstić information content (AvgIpc) is 2.48. The van der Waals surface area contributed by atoms with E-state index in [0.717, 1.165) is 21.7 Å². The number of nitrogens with one attached hydrogen (secondary N) is 1. The van der Waals surface area contributed by atoms with Crippen LogP contribution < -0.4 is 9.62 Å². The van der Waals surface area contributed by atoms with Crippen molar-refractivity contribution >= 4 is 50.5 Å². The topological polar surface area (TPSA) is 66.5 Å². The maximum Gasteiger partial charge on any atom is 0.248 e. The van der Waals surface area contributed by atoms with E-state index in [4.69, 9.17) is 23.2 Å². The first-order valence-electron chi connectivity index (χ1n) is 8.36. The van der Waals surface area contributed by atoms with Gasteiger partial charge in [0.05, 0.1) is 11.9 Å². The Kier molecular flexibility index (Phi) is 6.78. The molecule has 0 radical (unpaired) electrons. The van der Waals surface area contributed by atoms with E-state index in [0.29, 0.717) is 5.69 Å². The Hall–Kier alpha value is -1.76. The van der Waals surface area contributed by atoms with Gasteiger partial charge in [-0.3, -0.25) is 9.10 Å². The number of amides is 1. The predicted octanol–water partition coefficient (Wildman–Crippen LogP) is 4.79. The Morgan fingerprint density at radius 3 is 2.00 bits per heavy atom. The van der Waals surface area contributed by atoms with Crippen LogP contribution in [0.15, 0.2) is 36.4 Å². The monoisotopic (exact) mass is 428 g/mol. The molecule has 27 heavy (non-hydrogen) atoms. The van der Waals surface area contributed by atoms with E-state index in [1.165, 1.54) is 18.2 Å². The predicted molar refractivity (Wildman–Crippen MR) is 112 cm³/mol. The molecule has 0 fully saturated rings. The van der Waals surface area contributed by atoms with Crippen LogP contribution in [0.25, 0.3) is 0 Å². The second-order valence-electron chi connectivity index (χ2n) is 6.48. The van der Waals surface area contributed by atoms with E-state index in [-0.39, 0.29) is 22.2 Å². The number of aryl methyl sites for hydroxylation is 2. The molecule has 146 valence electrons. The maximum atomic E-state index is 12.9. The number of carbonyl (C=O) groups excluding carboxylic acids is 1. The van der Waals surface area contributed by atoms with Crippen LogP contribution in [0.2, 0.25) is 10.0 Å². The van der Waals surface area contributed by atoms with Crippen LogP contribution in [-0.2, 0) is 14.8 Å². The summed E-state index contributed by atoms with van der Waals surface area (Å²) in [7, 11) is -3.76.